The van der Waals surface area contributed by atoms with Crippen molar-refractivity contribution in [1.29, 1.82) is 0 Å². The number of aryl methyl sites for hydroxylation is 1. The Bertz CT molecular complexity index is 1320. The molecule has 0 saturated carbocycles. The predicted octanol–water partition coefficient (Wildman–Crippen LogP) is 4.09. The maximum Gasteiger partial charge on any atom is 0.324 e. The molecule has 0 radical (unpaired) electrons. The van der Waals surface area contributed by atoms with Crippen molar-refractivity contribution < 1.29 is 13.5 Å². The van der Waals surface area contributed by atoms with E-state index in [2.05, 4.69) is 45.9 Å². The van der Waals surface area contributed by atoms with Crippen LogP contribution in [0.1, 0.15) is 51.0 Å². The standard InChI is InChI=1S/C23H29N7O3S2/c1-13(2)20-26-21(33-28-20)29-10-8-16(9-11-29)15(4)32-23-27-30-12-18(25-22(30)34-23)17-6-7-19(35(5)31)24-14(17)3/h6-7,12-13,15-16H,8-11H2,1-5H3/t15-,35?/m1/s1. The van der Waals surface area contributed by atoms with E-state index in [1.54, 1.807) is 16.8 Å². The van der Waals surface area contributed by atoms with Gasteiger partial charge in [-0.2, -0.15) is 4.98 Å². The van der Waals surface area contributed by atoms with Crippen LogP contribution in [0, 0.1) is 12.8 Å². The molecule has 2 atom stereocenters. The first kappa shape index (κ1) is 23.9. The highest BCUT2D eigenvalue weighted by Crippen LogP contribution is 2.31. The summed E-state index contributed by atoms with van der Waals surface area (Å²) < 4.78 is 25.1. The summed E-state index contributed by atoms with van der Waals surface area (Å²) in [5.74, 6) is 1.42. The van der Waals surface area contributed by atoms with Crippen LogP contribution in [0.15, 0.2) is 27.9 Å². The Morgan fingerprint density at radius 2 is 1.94 bits per heavy atom. The van der Waals surface area contributed by atoms with Crippen LogP contribution in [0.3, 0.4) is 0 Å². The van der Waals surface area contributed by atoms with Crippen molar-refractivity contribution >= 4 is 33.1 Å². The Kier molecular flexibility index (Phi) is 6.58. The summed E-state index contributed by atoms with van der Waals surface area (Å²) in [6.45, 7) is 9.84. The Hall–Kier alpha value is -2.86. The van der Waals surface area contributed by atoms with Crippen molar-refractivity contribution in [3.8, 4) is 16.5 Å². The van der Waals surface area contributed by atoms with E-state index in [-0.39, 0.29) is 12.0 Å². The molecule has 1 saturated heterocycles. The lowest BCUT2D eigenvalue weighted by atomic mass is 9.92. The van der Waals surface area contributed by atoms with Gasteiger partial charge in [0.05, 0.1) is 22.7 Å². The second-order valence-corrected chi connectivity index (χ2v) is 11.4. The number of fused-ring (bicyclic) bond motifs is 1. The zero-order chi connectivity index (χ0) is 24.7. The summed E-state index contributed by atoms with van der Waals surface area (Å²) in [6.07, 6.45) is 5.51. The van der Waals surface area contributed by atoms with E-state index in [1.165, 1.54) is 11.3 Å². The second-order valence-electron chi connectivity index (χ2n) is 9.20. The van der Waals surface area contributed by atoms with Crippen molar-refractivity contribution in [1.82, 2.24) is 29.7 Å². The summed E-state index contributed by atoms with van der Waals surface area (Å²) >= 11 is 1.43. The van der Waals surface area contributed by atoms with Gasteiger partial charge in [-0.1, -0.05) is 19.0 Å². The molecule has 1 fully saturated rings. The average molecular weight is 516 g/mol. The molecule has 10 nitrogen and oxygen atoms in total. The van der Waals surface area contributed by atoms with Crippen LogP contribution in [0.5, 0.6) is 5.19 Å². The first-order valence-corrected chi connectivity index (χ1v) is 14.1. The number of imidazole rings is 1. The number of aromatic nitrogens is 6. The number of hydrogen-bond acceptors (Lipinski definition) is 10. The van der Waals surface area contributed by atoms with E-state index in [9.17, 15) is 4.21 Å². The molecule has 35 heavy (non-hydrogen) atoms. The maximum atomic E-state index is 11.7. The van der Waals surface area contributed by atoms with Crippen molar-refractivity contribution in [3.05, 3.63) is 29.8 Å². The normalized spacial score (nSPS) is 16.8. The minimum atomic E-state index is -1.11. The lowest BCUT2D eigenvalue weighted by Crippen LogP contribution is -2.38. The first-order chi connectivity index (χ1) is 16.8. The largest absolute Gasteiger partial charge is 0.466 e. The molecule has 0 aliphatic carbocycles. The molecule has 0 spiro atoms. The molecule has 1 aliphatic rings. The molecular weight excluding hydrogens is 486 g/mol. The molecular formula is C23H29N7O3S2. The first-order valence-electron chi connectivity index (χ1n) is 11.7. The Morgan fingerprint density at radius 1 is 1.17 bits per heavy atom. The molecule has 0 bridgehead atoms. The van der Waals surface area contributed by atoms with Gasteiger partial charge < -0.3 is 14.2 Å². The fourth-order valence-corrected chi connectivity index (χ4v) is 5.57. The highest BCUT2D eigenvalue weighted by atomic mass is 32.2. The van der Waals surface area contributed by atoms with Gasteiger partial charge in [0.2, 0.25) is 4.96 Å². The zero-order valence-electron chi connectivity index (χ0n) is 20.5. The Morgan fingerprint density at radius 3 is 2.57 bits per heavy atom. The number of anilines is 1. The van der Waals surface area contributed by atoms with Gasteiger partial charge in [-0.05, 0) is 56.1 Å². The maximum absolute atomic E-state index is 11.7. The van der Waals surface area contributed by atoms with Crippen LogP contribution in [0.2, 0.25) is 0 Å². The molecule has 5 heterocycles. The number of piperidine rings is 1. The molecule has 12 heteroatoms. The van der Waals surface area contributed by atoms with Gasteiger partial charge >= 0.3 is 6.01 Å². The molecule has 4 aromatic heterocycles. The van der Waals surface area contributed by atoms with Gasteiger partial charge in [0.25, 0.3) is 5.19 Å². The third-order valence-corrected chi connectivity index (χ3v) is 7.99. The van der Waals surface area contributed by atoms with Crippen molar-refractivity contribution in [2.45, 2.75) is 57.6 Å². The summed E-state index contributed by atoms with van der Waals surface area (Å²) in [4.78, 5) is 16.6. The minimum Gasteiger partial charge on any atom is -0.466 e. The SMILES string of the molecule is Cc1nc(S(C)=O)ccc1-c1cn2nc(O[C@H](C)C3CCN(c4nc(C(C)C)no4)CC3)sc2n1. The zero-order valence-corrected chi connectivity index (χ0v) is 22.1. The highest BCUT2D eigenvalue weighted by molar-refractivity contribution is 7.84. The Balaban J connectivity index is 1.21. The molecule has 0 N–H and O–H groups in total. The van der Waals surface area contributed by atoms with Gasteiger partial charge in [0, 0.05) is 36.5 Å². The molecule has 4 aromatic rings. The molecule has 5 rings (SSSR count). The van der Waals surface area contributed by atoms with E-state index in [0.717, 1.165) is 53.7 Å². The quantitative estimate of drug-likeness (QED) is 0.359. The summed E-state index contributed by atoms with van der Waals surface area (Å²) in [5, 5.41) is 9.84. The number of nitrogens with zero attached hydrogens (tertiary/aromatic N) is 7. The van der Waals surface area contributed by atoms with Gasteiger partial charge in [-0.25, -0.2) is 14.5 Å². The monoisotopic (exact) mass is 515 g/mol. The van der Waals surface area contributed by atoms with Gasteiger partial charge in [-0.15, -0.1) is 5.10 Å². The van der Waals surface area contributed by atoms with Crippen molar-refractivity contribution in [2.75, 3.05) is 24.2 Å². The minimum absolute atomic E-state index is 0.0373. The number of ether oxygens (including phenoxy) is 1. The average Bonchev–Trinajstić information content (AvgIpc) is 3.54. The number of rotatable bonds is 7. The van der Waals surface area contributed by atoms with Crippen LogP contribution in [0.4, 0.5) is 6.01 Å². The van der Waals surface area contributed by atoms with E-state index in [0.29, 0.717) is 22.2 Å². The van der Waals surface area contributed by atoms with E-state index < -0.39 is 10.8 Å². The van der Waals surface area contributed by atoms with Gasteiger partial charge in [0.1, 0.15) is 11.1 Å². The topological polar surface area (TPSA) is 112 Å². The third kappa shape index (κ3) is 4.94. The number of pyridine rings is 1. The van der Waals surface area contributed by atoms with E-state index in [4.69, 9.17) is 14.2 Å². The van der Waals surface area contributed by atoms with Crippen LogP contribution in [0.25, 0.3) is 16.2 Å². The van der Waals surface area contributed by atoms with Crippen LogP contribution >= 0.6 is 11.3 Å². The van der Waals surface area contributed by atoms with Crippen molar-refractivity contribution in [2.24, 2.45) is 5.92 Å². The fraction of sp³-hybridized carbons (Fsp3) is 0.522. The smallest absolute Gasteiger partial charge is 0.324 e. The second kappa shape index (κ2) is 9.65. The van der Waals surface area contributed by atoms with Gasteiger partial charge in [0.15, 0.2) is 5.82 Å². The van der Waals surface area contributed by atoms with E-state index in [1.807, 2.05) is 19.2 Å². The van der Waals surface area contributed by atoms with Gasteiger partial charge in [-0.3, -0.25) is 4.21 Å². The van der Waals surface area contributed by atoms with Crippen LogP contribution in [-0.4, -0.2) is 59.4 Å². The van der Waals surface area contributed by atoms with Crippen molar-refractivity contribution in [3.63, 3.8) is 0 Å². The fourth-order valence-electron chi connectivity index (χ4n) is 4.23. The highest BCUT2D eigenvalue weighted by Gasteiger charge is 2.28. The molecule has 1 unspecified atom stereocenters. The number of hydrogen-bond donors (Lipinski definition) is 0. The van der Waals surface area contributed by atoms with Crippen LogP contribution in [-0.2, 0) is 10.8 Å². The third-order valence-electron chi connectivity index (χ3n) is 6.36. The molecule has 1 aliphatic heterocycles. The van der Waals surface area contributed by atoms with Crippen LogP contribution < -0.4 is 9.64 Å². The summed E-state index contributed by atoms with van der Waals surface area (Å²) in [5.41, 5.74) is 2.48. The molecule has 186 valence electrons. The lowest BCUT2D eigenvalue weighted by molar-refractivity contribution is 0.130. The molecule has 0 amide bonds. The lowest BCUT2D eigenvalue weighted by Gasteiger charge is -2.33. The summed E-state index contributed by atoms with van der Waals surface area (Å²) in [7, 11) is -1.11. The summed E-state index contributed by atoms with van der Waals surface area (Å²) in [6, 6.07) is 4.30. The Labute approximate surface area is 210 Å². The molecule has 0 aromatic carbocycles. The van der Waals surface area contributed by atoms with E-state index >= 15 is 0 Å². The predicted molar refractivity (Wildman–Crippen MR) is 135 cm³/mol.